The molecule has 0 amide bonds. The van der Waals surface area contributed by atoms with Crippen molar-refractivity contribution in [3.63, 3.8) is 0 Å². The Hall–Kier alpha value is 0.930. The molecule has 1 nitrogen and oxygen atoms in total. The van der Waals surface area contributed by atoms with Crippen LogP contribution in [0.1, 0.15) is 40.0 Å². The first-order valence-electron chi connectivity index (χ1n) is 4.03. The van der Waals surface area contributed by atoms with Crippen LogP contribution in [0.3, 0.4) is 0 Å². The van der Waals surface area contributed by atoms with Gasteiger partial charge < -0.3 is 0 Å². The number of carbonyl (C=O) groups is 1. The van der Waals surface area contributed by atoms with E-state index in [0.29, 0.717) is 5.78 Å². The zero-order valence-corrected chi connectivity index (χ0v) is 11.6. The number of hydrogen-bond donors (Lipinski definition) is 0. The van der Waals surface area contributed by atoms with Crippen LogP contribution < -0.4 is 0 Å². The molecular weight excluding hydrogens is 400 g/mol. The summed E-state index contributed by atoms with van der Waals surface area (Å²) in [5.41, 5.74) is 0.204. The molecular formula is C9H15AuOSe. The minimum atomic E-state index is 0. The summed E-state index contributed by atoms with van der Waals surface area (Å²) in [5, 5.41) is 0. The third-order valence-corrected chi connectivity index (χ3v) is 2.70. The Kier molecular flexibility index (Phi) is 4.29. The number of Topliss-reactive ketones (excluding diaryl/α,β-unsaturated/α-hetero) is 1. The molecule has 1 unspecified atom stereocenters. The summed E-state index contributed by atoms with van der Waals surface area (Å²) >= 11 is 3.12. The summed E-state index contributed by atoms with van der Waals surface area (Å²) in [4.78, 5) is 11.3. The van der Waals surface area contributed by atoms with E-state index >= 15 is 0 Å². The molecule has 1 aliphatic carbocycles. The van der Waals surface area contributed by atoms with Gasteiger partial charge in [-0.05, 0) is 0 Å². The van der Waals surface area contributed by atoms with E-state index in [4.69, 9.17) is 0 Å². The second kappa shape index (κ2) is 3.98. The maximum atomic E-state index is 11.3. The van der Waals surface area contributed by atoms with Gasteiger partial charge in [0.05, 0.1) is 0 Å². The van der Waals surface area contributed by atoms with Gasteiger partial charge in [0.2, 0.25) is 0 Å². The molecule has 1 fully saturated rings. The Morgan fingerprint density at radius 3 is 2.08 bits per heavy atom. The van der Waals surface area contributed by atoms with Crippen LogP contribution in [-0.4, -0.2) is 21.8 Å². The van der Waals surface area contributed by atoms with Crippen molar-refractivity contribution in [1.82, 2.24) is 0 Å². The maximum Gasteiger partial charge on any atom is 0 e. The van der Waals surface area contributed by atoms with Crippen molar-refractivity contribution in [2.75, 3.05) is 0 Å². The van der Waals surface area contributed by atoms with Crippen molar-refractivity contribution in [1.29, 1.82) is 0 Å². The van der Waals surface area contributed by atoms with Crippen LogP contribution in [-0.2, 0) is 27.2 Å². The Bertz CT molecular complexity index is 169. The summed E-state index contributed by atoms with van der Waals surface area (Å²) < 4.78 is 0.110. The van der Waals surface area contributed by atoms with Crippen molar-refractivity contribution in [3.05, 3.63) is 0 Å². The van der Waals surface area contributed by atoms with Crippen LogP contribution in [0, 0.1) is 5.41 Å². The number of hydrogen-bond acceptors (Lipinski definition) is 1. The number of carbonyl (C=O) groups excluding carboxylic acids is 1. The monoisotopic (exact) mass is 416 g/mol. The maximum absolute atomic E-state index is 11.3. The van der Waals surface area contributed by atoms with Gasteiger partial charge in [0.1, 0.15) is 0 Å². The molecule has 0 bridgehead atoms. The minimum absolute atomic E-state index is 0. The van der Waals surface area contributed by atoms with Gasteiger partial charge in [0.25, 0.3) is 0 Å². The first kappa shape index (κ1) is 12.9. The van der Waals surface area contributed by atoms with Crippen molar-refractivity contribution in [3.8, 4) is 0 Å². The summed E-state index contributed by atoms with van der Waals surface area (Å²) in [6.45, 7) is 6.46. The van der Waals surface area contributed by atoms with E-state index in [0.717, 1.165) is 19.3 Å². The molecule has 0 N–H and O–H groups in total. The molecule has 3 heteroatoms. The molecule has 1 aliphatic rings. The van der Waals surface area contributed by atoms with Gasteiger partial charge in [-0.1, -0.05) is 0 Å². The predicted molar refractivity (Wildman–Crippen MR) is 46.8 cm³/mol. The van der Waals surface area contributed by atoms with Gasteiger partial charge in [-0.15, -0.1) is 0 Å². The van der Waals surface area contributed by atoms with E-state index in [-0.39, 0.29) is 32.1 Å². The Morgan fingerprint density at radius 1 is 1.25 bits per heavy atom. The van der Waals surface area contributed by atoms with Gasteiger partial charge in [-0.25, -0.2) is 0 Å². The zero-order chi connectivity index (χ0) is 8.70. The molecule has 0 heterocycles. The number of ketones is 1. The van der Waals surface area contributed by atoms with E-state index in [2.05, 4.69) is 36.8 Å². The van der Waals surface area contributed by atoms with Crippen LogP contribution in [0.25, 0.3) is 0 Å². The smallest absolute Gasteiger partial charge is 0 e. The summed E-state index contributed by atoms with van der Waals surface area (Å²) in [5.74, 6) is 0.405. The van der Waals surface area contributed by atoms with Gasteiger partial charge in [0, 0.05) is 22.4 Å². The fraction of sp³-hybridized carbons (Fsp3) is 0.889. The number of rotatable bonds is 0. The molecule has 0 aromatic rings. The molecule has 0 saturated heterocycles. The molecule has 0 spiro atoms. The van der Waals surface area contributed by atoms with Crippen LogP contribution in [0.15, 0.2) is 0 Å². The SMILES string of the molecule is CC1(C)CC(=O)CC(C)([Se])C1.[Au]. The van der Waals surface area contributed by atoms with Crippen LogP contribution in [0.5, 0.6) is 0 Å². The first-order valence-corrected chi connectivity index (χ1v) is 4.89. The third kappa shape index (κ3) is 3.76. The molecule has 12 heavy (non-hydrogen) atoms. The molecule has 0 aliphatic heterocycles. The summed E-state index contributed by atoms with van der Waals surface area (Å²) in [7, 11) is 0. The van der Waals surface area contributed by atoms with E-state index < -0.39 is 0 Å². The first-order chi connectivity index (χ1) is 4.81. The second-order valence-corrected chi connectivity index (χ2v) is 6.75. The summed E-state index contributed by atoms with van der Waals surface area (Å²) in [6, 6.07) is 0. The molecule has 0 aromatic carbocycles. The molecule has 1 atom stereocenters. The van der Waals surface area contributed by atoms with E-state index in [1.165, 1.54) is 0 Å². The van der Waals surface area contributed by atoms with E-state index in [9.17, 15) is 4.79 Å². The molecule has 1 saturated carbocycles. The van der Waals surface area contributed by atoms with Crippen molar-refractivity contribution in [2.24, 2.45) is 5.41 Å². The standard InChI is InChI=1S/C9H15OSe.Au/c1-8(2)4-7(10)5-9(3,11)6-8;/h4-6H2,1-3H3;. The Labute approximate surface area is 98.4 Å². The Balaban J connectivity index is 0.00000121. The van der Waals surface area contributed by atoms with Gasteiger partial charge in [-0.2, -0.15) is 0 Å². The molecule has 1 rings (SSSR count). The van der Waals surface area contributed by atoms with Crippen molar-refractivity contribution >= 4 is 21.8 Å². The van der Waals surface area contributed by atoms with E-state index in [1.807, 2.05) is 0 Å². The second-order valence-electron chi connectivity index (χ2n) is 4.68. The van der Waals surface area contributed by atoms with Crippen molar-refractivity contribution in [2.45, 2.75) is 44.3 Å². The largest absolute Gasteiger partial charge is 0 e. The molecule has 2 radical (unpaired) electrons. The predicted octanol–water partition coefficient (Wildman–Crippen LogP) is 2.11. The van der Waals surface area contributed by atoms with Crippen molar-refractivity contribution < 1.29 is 27.2 Å². The van der Waals surface area contributed by atoms with E-state index in [1.54, 1.807) is 0 Å². The fourth-order valence-corrected chi connectivity index (χ4v) is 3.31. The zero-order valence-electron chi connectivity index (χ0n) is 7.74. The fourth-order valence-electron chi connectivity index (χ4n) is 2.15. The molecule has 0 aromatic heterocycles. The summed E-state index contributed by atoms with van der Waals surface area (Å²) in [6.07, 6.45) is 2.59. The quantitative estimate of drug-likeness (QED) is 0.555. The average Bonchev–Trinajstić information content (AvgIpc) is 1.49. The molecule has 74 valence electrons. The van der Waals surface area contributed by atoms with Gasteiger partial charge >= 0.3 is 76.4 Å². The van der Waals surface area contributed by atoms with Crippen LogP contribution in [0.2, 0.25) is 4.31 Å². The van der Waals surface area contributed by atoms with Gasteiger partial charge in [0.15, 0.2) is 0 Å². The Morgan fingerprint density at radius 2 is 1.75 bits per heavy atom. The average molecular weight is 415 g/mol. The topological polar surface area (TPSA) is 17.1 Å². The normalized spacial score (nSPS) is 34.2. The minimum Gasteiger partial charge on any atom is 0 e. The van der Waals surface area contributed by atoms with Gasteiger partial charge in [-0.3, -0.25) is 0 Å². The third-order valence-electron chi connectivity index (χ3n) is 2.10. The van der Waals surface area contributed by atoms with Crippen LogP contribution in [0.4, 0.5) is 0 Å². The van der Waals surface area contributed by atoms with Crippen LogP contribution >= 0.6 is 0 Å².